The fourth-order valence-electron chi connectivity index (χ4n) is 1.96. The van der Waals surface area contributed by atoms with Gasteiger partial charge >= 0.3 is 0 Å². The summed E-state index contributed by atoms with van der Waals surface area (Å²) in [6.45, 7) is 7.60. The number of hydrogen-bond acceptors (Lipinski definition) is 1. The molecule has 96 valence electrons. The molecule has 3 heteroatoms. The van der Waals surface area contributed by atoms with Crippen LogP contribution in [0.1, 0.15) is 50.8 Å². The van der Waals surface area contributed by atoms with Gasteiger partial charge in [0.2, 0.25) is 0 Å². The summed E-state index contributed by atoms with van der Waals surface area (Å²) in [5.41, 5.74) is 0.751. The van der Waals surface area contributed by atoms with E-state index in [1.807, 2.05) is 6.92 Å². The van der Waals surface area contributed by atoms with E-state index in [1.165, 1.54) is 12.1 Å². The summed E-state index contributed by atoms with van der Waals surface area (Å²) in [6, 6.07) is 2.73. The van der Waals surface area contributed by atoms with Crippen LogP contribution in [-0.4, -0.2) is 6.04 Å². The van der Waals surface area contributed by atoms with Crippen molar-refractivity contribution in [3.8, 4) is 0 Å². The zero-order valence-electron chi connectivity index (χ0n) is 11.0. The van der Waals surface area contributed by atoms with Crippen LogP contribution in [0.4, 0.5) is 8.78 Å². The van der Waals surface area contributed by atoms with Gasteiger partial charge in [0.15, 0.2) is 0 Å². The van der Waals surface area contributed by atoms with Gasteiger partial charge in [0.05, 0.1) is 0 Å². The molecule has 0 aromatic heterocycles. The third kappa shape index (κ3) is 3.50. The second kappa shape index (κ2) is 6.10. The zero-order valence-corrected chi connectivity index (χ0v) is 11.0. The minimum absolute atomic E-state index is 0.171. The highest BCUT2D eigenvalue weighted by Gasteiger charge is 2.16. The Morgan fingerprint density at radius 2 is 1.71 bits per heavy atom. The Bertz CT molecular complexity index is 373. The van der Waals surface area contributed by atoms with E-state index >= 15 is 0 Å². The van der Waals surface area contributed by atoms with Crippen LogP contribution in [0.5, 0.6) is 0 Å². The van der Waals surface area contributed by atoms with Crippen LogP contribution in [0, 0.1) is 18.6 Å². The lowest BCUT2D eigenvalue weighted by Gasteiger charge is -2.22. The predicted molar refractivity (Wildman–Crippen MR) is 67.0 cm³/mol. The molecular formula is C14H21F2N. The van der Waals surface area contributed by atoms with E-state index < -0.39 is 0 Å². The maximum absolute atomic E-state index is 13.7. The minimum Gasteiger partial charge on any atom is -0.307 e. The molecule has 1 unspecified atom stereocenters. The molecule has 0 aliphatic heterocycles. The van der Waals surface area contributed by atoms with Crippen molar-refractivity contribution in [3.05, 3.63) is 34.9 Å². The quantitative estimate of drug-likeness (QED) is 0.818. The van der Waals surface area contributed by atoms with Crippen molar-refractivity contribution >= 4 is 0 Å². The Labute approximate surface area is 102 Å². The number of halogens is 2. The van der Waals surface area contributed by atoms with Crippen LogP contribution in [0.15, 0.2) is 12.1 Å². The molecule has 1 rings (SSSR count). The molecule has 0 saturated carbocycles. The lowest BCUT2D eigenvalue weighted by atomic mass is 10.0. The average molecular weight is 241 g/mol. The van der Waals surface area contributed by atoms with Gasteiger partial charge in [0.1, 0.15) is 11.6 Å². The summed E-state index contributed by atoms with van der Waals surface area (Å²) < 4.78 is 27.2. The highest BCUT2D eigenvalue weighted by Crippen LogP contribution is 2.21. The van der Waals surface area contributed by atoms with Crippen LogP contribution >= 0.6 is 0 Å². The van der Waals surface area contributed by atoms with E-state index in [-0.39, 0.29) is 17.7 Å². The first-order chi connectivity index (χ1) is 7.99. The highest BCUT2D eigenvalue weighted by molar-refractivity contribution is 5.27. The standard InChI is InChI=1S/C14H21F2N/c1-5-11(6-2)17-10(4)12-8-13(15)9(3)7-14(12)16/h7-8,10-11,17H,5-6H2,1-4H3. The van der Waals surface area contributed by atoms with Crippen molar-refractivity contribution in [2.24, 2.45) is 0 Å². The van der Waals surface area contributed by atoms with E-state index in [0.29, 0.717) is 17.2 Å². The van der Waals surface area contributed by atoms with Crippen LogP contribution in [-0.2, 0) is 0 Å². The van der Waals surface area contributed by atoms with Crippen LogP contribution < -0.4 is 5.32 Å². The smallest absolute Gasteiger partial charge is 0.128 e. The largest absolute Gasteiger partial charge is 0.307 e. The molecule has 0 bridgehead atoms. The third-order valence-corrected chi connectivity index (χ3v) is 3.22. The first-order valence-electron chi connectivity index (χ1n) is 6.21. The predicted octanol–water partition coefficient (Wildman–Crippen LogP) is 4.11. The van der Waals surface area contributed by atoms with E-state index in [4.69, 9.17) is 0 Å². The molecule has 17 heavy (non-hydrogen) atoms. The summed E-state index contributed by atoms with van der Waals surface area (Å²) in [7, 11) is 0. The molecule has 1 N–H and O–H groups in total. The van der Waals surface area contributed by atoms with Gasteiger partial charge in [-0.05, 0) is 44.4 Å². The molecule has 0 saturated heterocycles. The molecule has 1 aromatic rings. The van der Waals surface area contributed by atoms with E-state index in [0.717, 1.165) is 12.8 Å². The summed E-state index contributed by atoms with van der Waals surface area (Å²) in [5.74, 6) is -0.686. The third-order valence-electron chi connectivity index (χ3n) is 3.22. The Morgan fingerprint density at radius 3 is 2.24 bits per heavy atom. The molecule has 0 amide bonds. The summed E-state index contributed by atoms with van der Waals surface area (Å²) in [5, 5.41) is 3.31. The van der Waals surface area contributed by atoms with E-state index in [2.05, 4.69) is 19.2 Å². The molecule has 0 fully saturated rings. The fourth-order valence-corrected chi connectivity index (χ4v) is 1.96. The van der Waals surface area contributed by atoms with Gasteiger partial charge in [-0.2, -0.15) is 0 Å². The molecule has 0 aliphatic carbocycles. The Balaban J connectivity index is 2.88. The van der Waals surface area contributed by atoms with Gasteiger partial charge in [-0.25, -0.2) is 8.78 Å². The van der Waals surface area contributed by atoms with Crippen molar-refractivity contribution in [1.82, 2.24) is 5.32 Å². The fraction of sp³-hybridized carbons (Fsp3) is 0.571. The van der Waals surface area contributed by atoms with Gasteiger partial charge in [-0.15, -0.1) is 0 Å². The van der Waals surface area contributed by atoms with Crippen molar-refractivity contribution in [2.45, 2.75) is 52.6 Å². The second-order valence-electron chi connectivity index (χ2n) is 4.52. The topological polar surface area (TPSA) is 12.0 Å². The van der Waals surface area contributed by atoms with Crippen molar-refractivity contribution in [1.29, 1.82) is 0 Å². The Morgan fingerprint density at radius 1 is 1.12 bits per heavy atom. The molecule has 1 aromatic carbocycles. The minimum atomic E-state index is -0.348. The second-order valence-corrected chi connectivity index (χ2v) is 4.52. The van der Waals surface area contributed by atoms with Crippen molar-refractivity contribution in [2.75, 3.05) is 0 Å². The van der Waals surface area contributed by atoms with Gasteiger partial charge < -0.3 is 5.32 Å². The molecule has 0 heterocycles. The first-order valence-corrected chi connectivity index (χ1v) is 6.21. The van der Waals surface area contributed by atoms with Crippen LogP contribution in [0.25, 0.3) is 0 Å². The summed E-state index contributed by atoms with van der Waals surface area (Å²) in [6.07, 6.45) is 1.97. The maximum Gasteiger partial charge on any atom is 0.128 e. The average Bonchev–Trinajstić information content (AvgIpc) is 2.30. The normalized spacial score (nSPS) is 13.1. The van der Waals surface area contributed by atoms with Crippen molar-refractivity contribution < 1.29 is 8.78 Å². The monoisotopic (exact) mass is 241 g/mol. The lowest BCUT2D eigenvalue weighted by Crippen LogP contribution is -2.30. The number of hydrogen-bond donors (Lipinski definition) is 1. The highest BCUT2D eigenvalue weighted by atomic mass is 19.1. The number of benzene rings is 1. The lowest BCUT2D eigenvalue weighted by molar-refractivity contribution is 0.420. The number of nitrogens with one attached hydrogen (secondary N) is 1. The Kier molecular flexibility index (Phi) is 5.06. The number of aryl methyl sites for hydroxylation is 1. The van der Waals surface area contributed by atoms with E-state index in [1.54, 1.807) is 6.92 Å². The van der Waals surface area contributed by atoms with Crippen LogP contribution in [0.2, 0.25) is 0 Å². The maximum atomic E-state index is 13.7. The zero-order chi connectivity index (χ0) is 13.0. The van der Waals surface area contributed by atoms with Gasteiger partial charge in [0.25, 0.3) is 0 Å². The molecule has 0 aliphatic rings. The van der Waals surface area contributed by atoms with Crippen LogP contribution in [0.3, 0.4) is 0 Å². The molecule has 0 spiro atoms. The first kappa shape index (κ1) is 14.1. The SMILES string of the molecule is CCC(CC)NC(C)c1cc(F)c(C)cc1F. The number of rotatable bonds is 5. The van der Waals surface area contributed by atoms with Gasteiger partial charge in [-0.1, -0.05) is 13.8 Å². The van der Waals surface area contributed by atoms with E-state index in [9.17, 15) is 8.78 Å². The molecular weight excluding hydrogens is 220 g/mol. The van der Waals surface area contributed by atoms with Gasteiger partial charge in [0, 0.05) is 17.6 Å². The summed E-state index contributed by atoms with van der Waals surface area (Å²) in [4.78, 5) is 0. The molecule has 1 atom stereocenters. The summed E-state index contributed by atoms with van der Waals surface area (Å²) >= 11 is 0. The molecule has 1 nitrogen and oxygen atoms in total. The van der Waals surface area contributed by atoms with Crippen molar-refractivity contribution in [3.63, 3.8) is 0 Å². The Hall–Kier alpha value is -0.960. The van der Waals surface area contributed by atoms with Gasteiger partial charge in [-0.3, -0.25) is 0 Å². The molecule has 0 radical (unpaired) electrons.